The molecule has 0 aromatic rings. The number of carbonyl (C=O) groups excluding carboxylic acids is 4. The van der Waals surface area contributed by atoms with E-state index in [9.17, 15) is 19.2 Å². The Morgan fingerprint density at radius 2 is 1.44 bits per heavy atom. The van der Waals surface area contributed by atoms with Crippen LogP contribution in [0.3, 0.4) is 0 Å². The molecule has 4 heteroatoms. The molecule has 0 aliphatic rings. The number of aldehydes is 4. The van der Waals surface area contributed by atoms with Gasteiger partial charge in [0.05, 0.1) is 0 Å². The summed E-state index contributed by atoms with van der Waals surface area (Å²) in [5, 5.41) is 0. The summed E-state index contributed by atoms with van der Waals surface area (Å²) in [7, 11) is 0. The van der Waals surface area contributed by atoms with Crippen molar-refractivity contribution < 1.29 is 19.2 Å². The molecule has 0 spiro atoms. The van der Waals surface area contributed by atoms with Crippen LogP contribution in [0.15, 0.2) is 0 Å². The van der Waals surface area contributed by atoms with Gasteiger partial charge in [0.25, 0.3) is 0 Å². The van der Waals surface area contributed by atoms with Gasteiger partial charge in [-0.3, -0.25) is 0 Å². The first-order valence-corrected chi connectivity index (χ1v) is 6.47. The minimum atomic E-state index is -0.214. The maximum Gasteiger partial charge on any atom is 0.123 e. The van der Waals surface area contributed by atoms with Gasteiger partial charge in [0, 0.05) is 24.2 Å². The van der Waals surface area contributed by atoms with Crippen molar-refractivity contribution in [2.24, 2.45) is 17.8 Å². The molecule has 3 unspecified atom stereocenters. The zero-order chi connectivity index (χ0) is 13.8. The molecule has 3 atom stereocenters. The van der Waals surface area contributed by atoms with E-state index in [4.69, 9.17) is 0 Å². The van der Waals surface area contributed by atoms with Crippen molar-refractivity contribution in [2.75, 3.05) is 0 Å². The lowest BCUT2D eigenvalue weighted by atomic mass is 9.89. The summed E-state index contributed by atoms with van der Waals surface area (Å²) in [6.45, 7) is 1.85. The third-order valence-corrected chi connectivity index (χ3v) is 3.11. The molecule has 0 rings (SSSR count). The smallest absolute Gasteiger partial charge is 0.123 e. The minimum Gasteiger partial charge on any atom is -0.303 e. The summed E-state index contributed by atoms with van der Waals surface area (Å²) in [5.74, 6) is -0.339. The average Bonchev–Trinajstić information content (AvgIpc) is 2.41. The van der Waals surface area contributed by atoms with Gasteiger partial charge >= 0.3 is 0 Å². The molecule has 4 nitrogen and oxygen atoms in total. The molecule has 0 aliphatic heterocycles. The second-order valence-corrected chi connectivity index (χ2v) is 4.82. The fraction of sp³-hybridized carbons (Fsp3) is 0.714. The van der Waals surface area contributed by atoms with Crippen LogP contribution >= 0.6 is 0 Å². The molecule has 0 heterocycles. The lowest BCUT2D eigenvalue weighted by Gasteiger charge is -2.14. The Morgan fingerprint density at radius 1 is 0.833 bits per heavy atom. The second-order valence-electron chi connectivity index (χ2n) is 4.82. The fourth-order valence-corrected chi connectivity index (χ4v) is 1.92. The summed E-state index contributed by atoms with van der Waals surface area (Å²) in [5.41, 5.74) is 0. The summed E-state index contributed by atoms with van der Waals surface area (Å²) in [4.78, 5) is 42.4. The Labute approximate surface area is 108 Å². The van der Waals surface area contributed by atoms with E-state index in [1.165, 1.54) is 0 Å². The van der Waals surface area contributed by atoms with Crippen LogP contribution in [-0.4, -0.2) is 25.1 Å². The number of rotatable bonds is 12. The van der Waals surface area contributed by atoms with Crippen LogP contribution in [0.4, 0.5) is 0 Å². The maximum absolute atomic E-state index is 10.9. The van der Waals surface area contributed by atoms with Gasteiger partial charge in [0.15, 0.2) is 0 Å². The Morgan fingerprint density at radius 3 is 1.94 bits per heavy atom. The Hall–Kier alpha value is -1.32. The fourth-order valence-electron chi connectivity index (χ4n) is 1.92. The van der Waals surface area contributed by atoms with Crippen LogP contribution < -0.4 is 0 Å². The molecule has 18 heavy (non-hydrogen) atoms. The highest BCUT2D eigenvalue weighted by atomic mass is 16.1. The lowest BCUT2D eigenvalue weighted by Crippen LogP contribution is -2.12. The van der Waals surface area contributed by atoms with Crippen molar-refractivity contribution >= 4 is 25.1 Å². The molecular weight excluding hydrogens is 232 g/mol. The first-order chi connectivity index (χ1) is 8.67. The molecule has 0 aromatic heterocycles. The number of hydrogen-bond acceptors (Lipinski definition) is 4. The van der Waals surface area contributed by atoms with Gasteiger partial charge in [-0.25, -0.2) is 0 Å². The largest absolute Gasteiger partial charge is 0.303 e. The predicted octanol–water partition coefficient (Wildman–Crippen LogP) is 1.99. The highest BCUT2D eigenvalue weighted by Gasteiger charge is 2.15. The molecular formula is C14H22O4. The number of hydrogen-bond donors (Lipinski definition) is 0. The van der Waals surface area contributed by atoms with Gasteiger partial charge in [0.2, 0.25) is 0 Å². The van der Waals surface area contributed by atoms with Crippen LogP contribution in [0.25, 0.3) is 0 Å². The summed E-state index contributed by atoms with van der Waals surface area (Å²) < 4.78 is 0. The molecule has 102 valence electrons. The molecule has 0 fully saturated rings. The van der Waals surface area contributed by atoms with Crippen LogP contribution in [0.5, 0.6) is 0 Å². The van der Waals surface area contributed by atoms with E-state index in [0.29, 0.717) is 25.7 Å². The van der Waals surface area contributed by atoms with Crippen LogP contribution in [-0.2, 0) is 19.2 Å². The monoisotopic (exact) mass is 254 g/mol. The summed E-state index contributed by atoms with van der Waals surface area (Å²) >= 11 is 0. The van der Waals surface area contributed by atoms with Crippen LogP contribution in [0.1, 0.15) is 45.4 Å². The second kappa shape index (κ2) is 10.8. The average molecular weight is 254 g/mol. The first-order valence-electron chi connectivity index (χ1n) is 6.47. The zero-order valence-electron chi connectivity index (χ0n) is 10.9. The lowest BCUT2D eigenvalue weighted by molar-refractivity contribution is -0.114. The van der Waals surface area contributed by atoms with E-state index in [0.717, 1.165) is 38.0 Å². The van der Waals surface area contributed by atoms with E-state index in [1.807, 2.05) is 6.92 Å². The Balaban J connectivity index is 3.99. The molecule has 0 saturated heterocycles. The van der Waals surface area contributed by atoms with Crippen molar-refractivity contribution in [2.45, 2.75) is 45.4 Å². The van der Waals surface area contributed by atoms with Crippen molar-refractivity contribution in [1.82, 2.24) is 0 Å². The normalized spacial score (nSPS) is 15.4. The first kappa shape index (κ1) is 16.7. The summed E-state index contributed by atoms with van der Waals surface area (Å²) in [6.07, 6.45) is 7.07. The standard InChI is InChI=1S/C14H22O4/c1-12(9-16)4-2-5-13(10-17)8-14(11-18)6-3-7-15/h7,9-14H,2-6,8H2,1H3. The predicted molar refractivity (Wildman–Crippen MR) is 68.1 cm³/mol. The van der Waals surface area contributed by atoms with Gasteiger partial charge in [-0.2, -0.15) is 0 Å². The van der Waals surface area contributed by atoms with Gasteiger partial charge in [-0.15, -0.1) is 0 Å². The molecule has 0 bridgehead atoms. The van der Waals surface area contributed by atoms with Gasteiger partial charge in [-0.05, 0) is 25.7 Å². The molecule has 0 N–H and O–H groups in total. The maximum atomic E-state index is 10.9. The van der Waals surface area contributed by atoms with Crippen molar-refractivity contribution in [1.29, 1.82) is 0 Å². The Kier molecular flexibility index (Phi) is 10.0. The van der Waals surface area contributed by atoms with E-state index in [2.05, 4.69) is 0 Å². The molecule has 0 aliphatic carbocycles. The van der Waals surface area contributed by atoms with E-state index < -0.39 is 0 Å². The third-order valence-electron chi connectivity index (χ3n) is 3.11. The quantitative estimate of drug-likeness (QED) is 0.499. The summed E-state index contributed by atoms with van der Waals surface area (Å²) in [6, 6.07) is 0. The molecule has 0 amide bonds. The SMILES string of the molecule is CC(C=O)CCCC(C=O)CC(C=O)CCC=O. The van der Waals surface area contributed by atoms with Crippen molar-refractivity contribution in [3.05, 3.63) is 0 Å². The minimum absolute atomic E-state index is 0.0224. The third kappa shape index (κ3) is 7.87. The molecule has 0 radical (unpaired) electrons. The molecule has 0 aromatic carbocycles. The van der Waals surface area contributed by atoms with Gasteiger partial charge < -0.3 is 19.2 Å². The highest BCUT2D eigenvalue weighted by Crippen LogP contribution is 2.19. The van der Waals surface area contributed by atoms with Crippen LogP contribution in [0.2, 0.25) is 0 Å². The zero-order valence-corrected chi connectivity index (χ0v) is 10.9. The van der Waals surface area contributed by atoms with E-state index in [-0.39, 0.29) is 17.8 Å². The van der Waals surface area contributed by atoms with Crippen molar-refractivity contribution in [3.63, 3.8) is 0 Å². The highest BCUT2D eigenvalue weighted by molar-refractivity contribution is 5.59. The van der Waals surface area contributed by atoms with Gasteiger partial charge in [-0.1, -0.05) is 13.3 Å². The van der Waals surface area contributed by atoms with Crippen molar-refractivity contribution in [3.8, 4) is 0 Å². The number of carbonyl (C=O) groups is 4. The molecule has 0 saturated carbocycles. The van der Waals surface area contributed by atoms with Crippen LogP contribution in [0, 0.1) is 17.8 Å². The van der Waals surface area contributed by atoms with E-state index in [1.54, 1.807) is 0 Å². The van der Waals surface area contributed by atoms with Gasteiger partial charge in [0.1, 0.15) is 25.1 Å². The van der Waals surface area contributed by atoms with E-state index >= 15 is 0 Å². The Bertz CT molecular complexity index is 263. The topological polar surface area (TPSA) is 68.3 Å².